The van der Waals surface area contributed by atoms with Crippen LogP contribution in [-0.2, 0) is 5.41 Å². The molecule has 9 aromatic carbocycles. The van der Waals surface area contributed by atoms with E-state index in [1.54, 1.807) is 0 Å². The number of hydrogen-bond donors (Lipinski definition) is 0. The molecule has 0 unspecified atom stereocenters. The molecule has 0 saturated carbocycles. The van der Waals surface area contributed by atoms with Gasteiger partial charge in [-0.2, -0.15) is 0 Å². The summed E-state index contributed by atoms with van der Waals surface area (Å²) in [5.41, 5.74) is 15.1. The summed E-state index contributed by atoms with van der Waals surface area (Å²) in [6.45, 7) is 0. The SMILES string of the molecule is c1ccc(-c2nc(-c3ccc4c(c3)C3(c5ccccc5-c5ccccc53)c3ccccc3-4)cc(-c3c4ccccc4cc4ccc5ccccc5c34)n2)cc1. The Morgan fingerprint density at radius 3 is 1.58 bits per heavy atom. The summed E-state index contributed by atoms with van der Waals surface area (Å²) in [4.78, 5) is 10.8. The maximum atomic E-state index is 5.43. The van der Waals surface area contributed by atoms with E-state index in [0.29, 0.717) is 5.82 Å². The third-order valence-corrected chi connectivity index (χ3v) is 12.1. The van der Waals surface area contributed by atoms with Gasteiger partial charge in [-0.3, -0.25) is 0 Å². The molecule has 0 aliphatic heterocycles. The highest BCUT2D eigenvalue weighted by atomic mass is 14.9. The van der Waals surface area contributed by atoms with Crippen molar-refractivity contribution in [2.24, 2.45) is 0 Å². The Morgan fingerprint density at radius 1 is 0.327 bits per heavy atom. The summed E-state index contributed by atoms with van der Waals surface area (Å²) in [5, 5.41) is 7.21. The van der Waals surface area contributed by atoms with Crippen LogP contribution in [0.1, 0.15) is 22.3 Å². The minimum absolute atomic E-state index is 0.433. The van der Waals surface area contributed by atoms with Crippen molar-refractivity contribution in [1.29, 1.82) is 0 Å². The Morgan fingerprint density at radius 2 is 0.873 bits per heavy atom. The standard InChI is InChI=1S/C53H32N2/c1-2-15-34(16-3-1)52-54-48(32-49(55-52)51-39-19-7-5-17-35(39)30-37-27-26-33-14-4-6-18-38(33)50(37)51)36-28-29-43-42-22-10-13-25-46(42)53(47(43)31-36)44-23-11-8-20-40(44)41-21-9-12-24-45(41)53/h1-32H. The van der Waals surface area contributed by atoms with Crippen molar-refractivity contribution in [2.45, 2.75) is 5.41 Å². The lowest BCUT2D eigenvalue weighted by Crippen LogP contribution is -2.25. The van der Waals surface area contributed by atoms with Crippen molar-refractivity contribution >= 4 is 32.3 Å². The molecule has 10 aromatic rings. The Labute approximate surface area is 319 Å². The van der Waals surface area contributed by atoms with Gasteiger partial charge in [0, 0.05) is 16.7 Å². The van der Waals surface area contributed by atoms with Crippen LogP contribution in [0.4, 0.5) is 0 Å². The predicted molar refractivity (Wildman–Crippen MR) is 227 cm³/mol. The summed E-state index contributed by atoms with van der Waals surface area (Å²) in [5.74, 6) is 0.712. The number of benzene rings is 9. The zero-order chi connectivity index (χ0) is 36.1. The molecule has 1 heterocycles. The van der Waals surface area contributed by atoms with Crippen LogP contribution in [0.5, 0.6) is 0 Å². The Kier molecular flexibility index (Phi) is 6.29. The molecule has 2 nitrogen and oxygen atoms in total. The van der Waals surface area contributed by atoms with Gasteiger partial charge in [-0.15, -0.1) is 0 Å². The van der Waals surface area contributed by atoms with Gasteiger partial charge >= 0.3 is 0 Å². The maximum Gasteiger partial charge on any atom is 0.160 e. The maximum absolute atomic E-state index is 5.43. The summed E-state index contributed by atoms with van der Waals surface area (Å²) in [6.07, 6.45) is 0. The van der Waals surface area contributed by atoms with Crippen LogP contribution in [0.25, 0.3) is 88.5 Å². The average molecular weight is 697 g/mol. The molecule has 2 heteroatoms. The number of fused-ring (bicyclic) bond motifs is 14. The molecule has 1 aromatic heterocycles. The lowest BCUT2D eigenvalue weighted by molar-refractivity contribution is 0.794. The summed E-state index contributed by atoms with van der Waals surface area (Å²) < 4.78 is 0. The van der Waals surface area contributed by atoms with E-state index in [1.165, 1.54) is 76.8 Å². The highest BCUT2D eigenvalue weighted by molar-refractivity contribution is 6.21. The van der Waals surface area contributed by atoms with Crippen molar-refractivity contribution in [3.8, 4) is 56.2 Å². The van der Waals surface area contributed by atoms with Crippen LogP contribution in [0.15, 0.2) is 194 Å². The summed E-state index contributed by atoms with van der Waals surface area (Å²) in [7, 11) is 0. The largest absolute Gasteiger partial charge is 0.228 e. The first kappa shape index (κ1) is 30.3. The number of aromatic nitrogens is 2. The number of rotatable bonds is 3. The molecular weight excluding hydrogens is 665 g/mol. The third kappa shape index (κ3) is 4.19. The van der Waals surface area contributed by atoms with E-state index in [9.17, 15) is 0 Å². The zero-order valence-electron chi connectivity index (χ0n) is 29.9. The Bertz CT molecular complexity index is 3150. The molecule has 55 heavy (non-hydrogen) atoms. The zero-order valence-corrected chi connectivity index (χ0v) is 29.9. The lowest BCUT2D eigenvalue weighted by atomic mass is 9.70. The first-order valence-corrected chi connectivity index (χ1v) is 19.0. The molecule has 0 N–H and O–H groups in total. The minimum atomic E-state index is -0.433. The van der Waals surface area contributed by atoms with Gasteiger partial charge in [-0.25, -0.2) is 9.97 Å². The average Bonchev–Trinajstić information content (AvgIpc) is 3.73. The van der Waals surface area contributed by atoms with Gasteiger partial charge in [-0.1, -0.05) is 176 Å². The Balaban J connectivity index is 1.17. The van der Waals surface area contributed by atoms with E-state index < -0.39 is 5.41 Å². The van der Waals surface area contributed by atoms with Gasteiger partial charge < -0.3 is 0 Å². The summed E-state index contributed by atoms with van der Waals surface area (Å²) >= 11 is 0. The minimum Gasteiger partial charge on any atom is -0.228 e. The molecule has 2 aliphatic rings. The molecule has 1 spiro atoms. The third-order valence-electron chi connectivity index (χ3n) is 12.1. The fraction of sp³-hybridized carbons (Fsp3) is 0.0189. The van der Waals surface area contributed by atoms with Gasteiger partial charge in [0.05, 0.1) is 16.8 Å². The van der Waals surface area contributed by atoms with Crippen LogP contribution < -0.4 is 0 Å². The fourth-order valence-electron chi connectivity index (χ4n) is 9.80. The van der Waals surface area contributed by atoms with Crippen molar-refractivity contribution in [3.63, 3.8) is 0 Å². The van der Waals surface area contributed by atoms with E-state index in [0.717, 1.165) is 28.1 Å². The molecule has 0 radical (unpaired) electrons. The van der Waals surface area contributed by atoms with Crippen molar-refractivity contribution in [1.82, 2.24) is 9.97 Å². The van der Waals surface area contributed by atoms with Crippen molar-refractivity contribution < 1.29 is 0 Å². The Hall–Kier alpha value is -7.16. The van der Waals surface area contributed by atoms with E-state index in [1.807, 2.05) is 6.07 Å². The molecule has 0 saturated heterocycles. The second-order valence-corrected chi connectivity index (χ2v) is 14.8. The van der Waals surface area contributed by atoms with E-state index in [-0.39, 0.29) is 0 Å². The monoisotopic (exact) mass is 696 g/mol. The molecule has 0 amide bonds. The van der Waals surface area contributed by atoms with Gasteiger partial charge in [0.15, 0.2) is 5.82 Å². The van der Waals surface area contributed by atoms with Crippen molar-refractivity contribution in [3.05, 3.63) is 216 Å². The quantitative estimate of drug-likeness (QED) is 0.136. The molecule has 254 valence electrons. The normalized spacial score (nSPS) is 13.2. The van der Waals surface area contributed by atoms with Gasteiger partial charge in [0.2, 0.25) is 0 Å². The smallest absolute Gasteiger partial charge is 0.160 e. The highest BCUT2D eigenvalue weighted by Gasteiger charge is 2.51. The van der Waals surface area contributed by atoms with Gasteiger partial charge in [0.1, 0.15) is 0 Å². The van der Waals surface area contributed by atoms with Crippen LogP contribution in [0, 0.1) is 0 Å². The van der Waals surface area contributed by atoms with Gasteiger partial charge in [0.25, 0.3) is 0 Å². The topological polar surface area (TPSA) is 25.8 Å². The van der Waals surface area contributed by atoms with Crippen LogP contribution in [-0.4, -0.2) is 9.97 Å². The number of nitrogens with zero attached hydrogens (tertiary/aromatic N) is 2. The van der Waals surface area contributed by atoms with E-state index >= 15 is 0 Å². The van der Waals surface area contributed by atoms with Crippen LogP contribution >= 0.6 is 0 Å². The molecule has 0 bridgehead atoms. The second-order valence-electron chi connectivity index (χ2n) is 14.8. The number of hydrogen-bond acceptors (Lipinski definition) is 2. The van der Waals surface area contributed by atoms with Crippen LogP contribution in [0.2, 0.25) is 0 Å². The van der Waals surface area contributed by atoms with Crippen molar-refractivity contribution in [2.75, 3.05) is 0 Å². The molecule has 0 fully saturated rings. The second kappa shape index (κ2) is 11.4. The van der Waals surface area contributed by atoms with E-state index in [2.05, 4.69) is 188 Å². The lowest BCUT2D eigenvalue weighted by Gasteiger charge is -2.30. The molecule has 12 rings (SSSR count). The molecule has 2 aliphatic carbocycles. The van der Waals surface area contributed by atoms with Crippen LogP contribution in [0.3, 0.4) is 0 Å². The predicted octanol–water partition coefficient (Wildman–Crippen LogP) is 13.3. The molecule has 0 atom stereocenters. The first-order chi connectivity index (χ1) is 27.3. The first-order valence-electron chi connectivity index (χ1n) is 19.0. The van der Waals surface area contributed by atoms with Gasteiger partial charge in [-0.05, 0) is 95.0 Å². The fourth-order valence-corrected chi connectivity index (χ4v) is 9.80. The molecular formula is C53H32N2. The highest BCUT2D eigenvalue weighted by Crippen LogP contribution is 2.63. The summed E-state index contributed by atoms with van der Waals surface area (Å²) in [6, 6.07) is 70.8. The van der Waals surface area contributed by atoms with E-state index in [4.69, 9.17) is 9.97 Å².